The fourth-order valence-corrected chi connectivity index (χ4v) is 2.99. The van der Waals surface area contributed by atoms with Gasteiger partial charge in [0.1, 0.15) is 6.54 Å². The fraction of sp³-hybridized carbons (Fsp3) is 0.227. The van der Waals surface area contributed by atoms with Crippen LogP contribution in [0, 0.1) is 0 Å². The van der Waals surface area contributed by atoms with Gasteiger partial charge in [-0.3, -0.25) is 19.1 Å². The summed E-state index contributed by atoms with van der Waals surface area (Å²) in [5.41, 5.74) is 1.26. The molecule has 0 saturated heterocycles. The van der Waals surface area contributed by atoms with E-state index in [1.54, 1.807) is 4.90 Å². The number of aromatic nitrogens is 2. The molecular formula is C22H23N3O3. The molecule has 0 aliphatic heterocycles. The zero-order valence-corrected chi connectivity index (χ0v) is 15.6. The van der Waals surface area contributed by atoms with Crippen LogP contribution in [0.4, 0.5) is 0 Å². The standard InChI is InChI=1S/C22H23N3O3/c26-20-13-16-25(22(28)23-20)17-21(27)24(14-11-18-7-3-1-4-8-18)15-12-19-9-5-2-6-10-19/h1-10,13,16H,11-12,14-15,17H2,(H,23,26,28). The summed E-state index contributed by atoms with van der Waals surface area (Å²) in [7, 11) is 0. The second-order valence-corrected chi connectivity index (χ2v) is 6.59. The van der Waals surface area contributed by atoms with Gasteiger partial charge in [-0.25, -0.2) is 4.79 Å². The van der Waals surface area contributed by atoms with E-state index in [4.69, 9.17) is 0 Å². The predicted molar refractivity (Wildman–Crippen MR) is 108 cm³/mol. The third-order valence-electron chi connectivity index (χ3n) is 4.58. The SMILES string of the molecule is O=C(Cn1ccc(=O)[nH]c1=O)N(CCc1ccccc1)CCc1ccccc1. The molecule has 0 atom stereocenters. The summed E-state index contributed by atoms with van der Waals surface area (Å²) in [5, 5.41) is 0. The quantitative estimate of drug-likeness (QED) is 0.651. The minimum atomic E-state index is -0.577. The number of rotatable bonds is 8. The number of aromatic amines is 1. The lowest BCUT2D eigenvalue weighted by Crippen LogP contribution is -2.40. The Labute approximate surface area is 163 Å². The van der Waals surface area contributed by atoms with Gasteiger partial charge in [0.15, 0.2) is 0 Å². The number of amides is 1. The molecular weight excluding hydrogens is 354 g/mol. The van der Waals surface area contributed by atoms with Crippen molar-refractivity contribution in [2.24, 2.45) is 0 Å². The van der Waals surface area contributed by atoms with Crippen molar-refractivity contribution in [3.05, 3.63) is 105 Å². The molecule has 0 radical (unpaired) electrons. The lowest BCUT2D eigenvalue weighted by Gasteiger charge is -2.23. The van der Waals surface area contributed by atoms with Crippen LogP contribution in [0.25, 0.3) is 0 Å². The van der Waals surface area contributed by atoms with Gasteiger partial charge in [-0.1, -0.05) is 60.7 Å². The van der Waals surface area contributed by atoms with Crippen LogP contribution in [0.15, 0.2) is 82.5 Å². The smallest absolute Gasteiger partial charge is 0.328 e. The second-order valence-electron chi connectivity index (χ2n) is 6.59. The van der Waals surface area contributed by atoms with Crippen molar-refractivity contribution in [3.8, 4) is 0 Å². The summed E-state index contributed by atoms with van der Waals surface area (Å²) in [6.07, 6.45) is 2.83. The topological polar surface area (TPSA) is 75.2 Å². The highest BCUT2D eigenvalue weighted by atomic mass is 16.2. The van der Waals surface area contributed by atoms with E-state index in [-0.39, 0.29) is 12.5 Å². The Bertz CT molecular complexity index is 967. The van der Waals surface area contributed by atoms with Crippen LogP contribution >= 0.6 is 0 Å². The summed E-state index contributed by atoms with van der Waals surface area (Å²) >= 11 is 0. The molecule has 0 spiro atoms. The molecule has 3 rings (SSSR count). The highest BCUT2D eigenvalue weighted by Crippen LogP contribution is 2.06. The van der Waals surface area contributed by atoms with E-state index in [0.717, 1.165) is 24.0 Å². The summed E-state index contributed by atoms with van der Waals surface area (Å²) < 4.78 is 1.22. The highest BCUT2D eigenvalue weighted by molar-refractivity contribution is 5.76. The van der Waals surface area contributed by atoms with Crippen LogP contribution in [0.3, 0.4) is 0 Å². The minimum absolute atomic E-state index is 0.0980. The van der Waals surface area contributed by atoms with Gasteiger partial charge in [-0.2, -0.15) is 0 Å². The number of benzene rings is 2. The largest absolute Gasteiger partial charge is 0.340 e. The average Bonchev–Trinajstić information content (AvgIpc) is 2.71. The van der Waals surface area contributed by atoms with Crippen molar-refractivity contribution in [2.45, 2.75) is 19.4 Å². The number of H-pyrrole nitrogens is 1. The first-order valence-corrected chi connectivity index (χ1v) is 9.27. The zero-order valence-electron chi connectivity index (χ0n) is 15.6. The first kappa shape index (κ1) is 19.4. The van der Waals surface area contributed by atoms with Crippen molar-refractivity contribution < 1.29 is 4.79 Å². The van der Waals surface area contributed by atoms with Crippen molar-refractivity contribution >= 4 is 5.91 Å². The highest BCUT2D eigenvalue weighted by Gasteiger charge is 2.15. The lowest BCUT2D eigenvalue weighted by atomic mass is 10.1. The van der Waals surface area contributed by atoms with E-state index in [2.05, 4.69) is 4.98 Å². The van der Waals surface area contributed by atoms with Gasteiger partial charge in [0.25, 0.3) is 5.56 Å². The Morgan fingerprint density at radius 2 is 1.36 bits per heavy atom. The molecule has 144 valence electrons. The van der Waals surface area contributed by atoms with Crippen molar-refractivity contribution in [1.29, 1.82) is 0 Å². The predicted octanol–water partition coefficient (Wildman–Crippen LogP) is 1.85. The monoisotopic (exact) mass is 377 g/mol. The lowest BCUT2D eigenvalue weighted by molar-refractivity contribution is -0.131. The van der Waals surface area contributed by atoms with Gasteiger partial charge >= 0.3 is 5.69 Å². The zero-order chi connectivity index (χ0) is 19.8. The third-order valence-corrected chi connectivity index (χ3v) is 4.58. The first-order chi connectivity index (χ1) is 13.6. The number of nitrogens with one attached hydrogen (secondary N) is 1. The molecule has 28 heavy (non-hydrogen) atoms. The third kappa shape index (κ3) is 5.54. The fourth-order valence-electron chi connectivity index (χ4n) is 2.99. The van der Waals surface area contributed by atoms with Gasteiger partial charge in [0, 0.05) is 25.4 Å². The summed E-state index contributed by atoms with van der Waals surface area (Å²) in [5.74, 6) is -0.152. The molecule has 6 heteroatoms. The number of carbonyl (C=O) groups excluding carboxylic acids is 1. The maximum Gasteiger partial charge on any atom is 0.328 e. The number of hydrogen-bond donors (Lipinski definition) is 1. The summed E-state index contributed by atoms with van der Waals surface area (Å²) in [6.45, 7) is 1.03. The number of nitrogens with zero attached hydrogens (tertiary/aromatic N) is 2. The molecule has 6 nitrogen and oxygen atoms in total. The molecule has 1 aromatic heterocycles. The molecule has 0 aliphatic rings. The molecule has 0 fully saturated rings. The molecule has 1 heterocycles. The van der Waals surface area contributed by atoms with Gasteiger partial charge in [-0.05, 0) is 24.0 Å². The van der Waals surface area contributed by atoms with E-state index < -0.39 is 11.2 Å². The molecule has 2 aromatic carbocycles. The molecule has 1 amide bonds. The van der Waals surface area contributed by atoms with E-state index >= 15 is 0 Å². The Morgan fingerprint density at radius 3 is 1.86 bits per heavy atom. The Balaban J connectivity index is 1.70. The van der Waals surface area contributed by atoms with Crippen LogP contribution in [0.1, 0.15) is 11.1 Å². The maximum atomic E-state index is 12.9. The molecule has 3 aromatic rings. The van der Waals surface area contributed by atoms with Gasteiger partial charge in [0.05, 0.1) is 0 Å². The normalized spacial score (nSPS) is 10.6. The van der Waals surface area contributed by atoms with Crippen molar-refractivity contribution in [1.82, 2.24) is 14.5 Å². The molecule has 0 aliphatic carbocycles. The van der Waals surface area contributed by atoms with Gasteiger partial charge in [0.2, 0.25) is 5.91 Å². The van der Waals surface area contributed by atoms with Crippen LogP contribution in [-0.4, -0.2) is 33.4 Å². The van der Waals surface area contributed by atoms with E-state index in [0.29, 0.717) is 13.1 Å². The molecule has 1 N–H and O–H groups in total. The van der Waals surface area contributed by atoms with Gasteiger partial charge in [-0.15, -0.1) is 0 Å². The molecule has 0 saturated carbocycles. The van der Waals surface area contributed by atoms with Crippen molar-refractivity contribution in [3.63, 3.8) is 0 Å². The molecule has 0 unspecified atom stereocenters. The minimum Gasteiger partial charge on any atom is -0.340 e. The number of carbonyl (C=O) groups is 1. The van der Waals surface area contributed by atoms with Crippen LogP contribution in [0.5, 0.6) is 0 Å². The van der Waals surface area contributed by atoms with Gasteiger partial charge < -0.3 is 4.90 Å². The Morgan fingerprint density at radius 1 is 0.821 bits per heavy atom. The van der Waals surface area contributed by atoms with Crippen molar-refractivity contribution in [2.75, 3.05) is 13.1 Å². The summed E-state index contributed by atoms with van der Waals surface area (Å²) in [6, 6.07) is 21.2. The van der Waals surface area contributed by atoms with Crippen LogP contribution in [0.2, 0.25) is 0 Å². The van der Waals surface area contributed by atoms with Crippen LogP contribution in [-0.2, 0) is 24.2 Å². The first-order valence-electron chi connectivity index (χ1n) is 9.27. The average molecular weight is 377 g/mol. The maximum absolute atomic E-state index is 12.9. The van der Waals surface area contributed by atoms with Crippen LogP contribution < -0.4 is 11.2 Å². The second kappa shape index (κ2) is 9.50. The summed E-state index contributed by atoms with van der Waals surface area (Å²) in [4.78, 5) is 39.9. The Hall–Kier alpha value is -3.41. The van der Waals surface area contributed by atoms with E-state index in [9.17, 15) is 14.4 Å². The van der Waals surface area contributed by atoms with E-state index in [1.807, 2.05) is 60.7 Å². The van der Waals surface area contributed by atoms with E-state index in [1.165, 1.54) is 16.8 Å². The molecule has 0 bridgehead atoms. The Kier molecular flexibility index (Phi) is 6.57. The number of hydrogen-bond acceptors (Lipinski definition) is 3.